The molecule has 1 aliphatic heterocycles. The number of carbonyl (C=O) groups is 2. The van der Waals surface area contributed by atoms with Gasteiger partial charge in [-0.3, -0.25) is 9.59 Å². The van der Waals surface area contributed by atoms with E-state index in [1.807, 2.05) is 41.3 Å². The number of fused-ring (bicyclic) bond motifs is 1. The van der Waals surface area contributed by atoms with Crippen molar-refractivity contribution >= 4 is 33.4 Å². The third-order valence-corrected chi connectivity index (χ3v) is 5.97. The number of nitrogens with one attached hydrogen (secondary N) is 1. The first-order chi connectivity index (χ1) is 13.2. The number of hydrogen-bond acceptors (Lipinski definition) is 4. The minimum atomic E-state index is -0.146. The van der Waals surface area contributed by atoms with Crippen molar-refractivity contribution in [2.45, 2.75) is 25.3 Å². The average molecular weight is 379 g/mol. The predicted molar refractivity (Wildman–Crippen MR) is 107 cm³/mol. The molecule has 2 heterocycles. The number of likely N-dealkylation sites (tertiary alicyclic amines) is 1. The third-order valence-electron chi connectivity index (χ3n) is 4.83. The zero-order valence-corrected chi connectivity index (χ0v) is 15.7. The Morgan fingerprint density at radius 1 is 1.11 bits per heavy atom. The van der Waals surface area contributed by atoms with Crippen LogP contribution in [-0.2, 0) is 4.79 Å². The molecule has 6 heteroatoms. The number of hydrogen-bond donors (Lipinski definition) is 1. The van der Waals surface area contributed by atoms with Gasteiger partial charge in [-0.1, -0.05) is 30.3 Å². The Labute approximate surface area is 162 Å². The van der Waals surface area contributed by atoms with Crippen LogP contribution in [0.4, 0.5) is 0 Å². The summed E-state index contributed by atoms with van der Waals surface area (Å²) in [6.45, 7) is 1.10. The zero-order chi connectivity index (χ0) is 18.6. The van der Waals surface area contributed by atoms with Crippen LogP contribution in [0.15, 0.2) is 54.6 Å². The smallest absolute Gasteiger partial charge is 0.251 e. The molecule has 1 aliphatic rings. The molecule has 0 saturated carbocycles. The van der Waals surface area contributed by atoms with E-state index in [2.05, 4.69) is 11.4 Å². The van der Waals surface area contributed by atoms with Crippen LogP contribution in [0.1, 0.15) is 40.7 Å². The highest BCUT2D eigenvalue weighted by atomic mass is 32.1. The van der Waals surface area contributed by atoms with E-state index < -0.39 is 0 Å². The zero-order valence-electron chi connectivity index (χ0n) is 14.9. The Kier molecular flexibility index (Phi) is 5.16. The van der Waals surface area contributed by atoms with Crippen molar-refractivity contribution in [3.05, 3.63) is 65.2 Å². The molecule has 2 amide bonds. The van der Waals surface area contributed by atoms with Crippen molar-refractivity contribution in [1.29, 1.82) is 0 Å². The van der Waals surface area contributed by atoms with Gasteiger partial charge in [-0.05, 0) is 37.1 Å². The van der Waals surface area contributed by atoms with Crippen LogP contribution in [0.25, 0.3) is 10.2 Å². The quantitative estimate of drug-likeness (QED) is 0.734. The van der Waals surface area contributed by atoms with Gasteiger partial charge >= 0.3 is 0 Å². The van der Waals surface area contributed by atoms with Crippen molar-refractivity contribution in [3.8, 4) is 0 Å². The van der Waals surface area contributed by atoms with Crippen molar-refractivity contribution < 1.29 is 9.59 Å². The summed E-state index contributed by atoms with van der Waals surface area (Å²) < 4.78 is 1.15. The summed E-state index contributed by atoms with van der Waals surface area (Å²) in [6.07, 6.45) is 2.24. The minimum absolute atomic E-state index is 0.0553. The normalized spacial score (nSPS) is 16.6. The van der Waals surface area contributed by atoms with Crippen LogP contribution < -0.4 is 5.32 Å². The maximum atomic E-state index is 12.7. The van der Waals surface area contributed by atoms with Gasteiger partial charge in [0.1, 0.15) is 5.01 Å². The van der Waals surface area contributed by atoms with Gasteiger partial charge in [-0.25, -0.2) is 4.98 Å². The number of para-hydroxylation sites is 1. The van der Waals surface area contributed by atoms with Crippen LogP contribution in [-0.4, -0.2) is 34.8 Å². The summed E-state index contributed by atoms with van der Waals surface area (Å²) in [5.74, 6) is -0.0716. The Hall–Kier alpha value is -2.73. The molecule has 1 saturated heterocycles. The second kappa shape index (κ2) is 7.88. The summed E-state index contributed by atoms with van der Waals surface area (Å²) in [7, 11) is 0. The van der Waals surface area contributed by atoms with Crippen LogP contribution in [0.5, 0.6) is 0 Å². The molecule has 4 rings (SSSR count). The van der Waals surface area contributed by atoms with Gasteiger partial charge in [0.05, 0.1) is 16.3 Å². The van der Waals surface area contributed by atoms with Crippen LogP contribution in [0.2, 0.25) is 0 Å². The average Bonchev–Trinajstić information content (AvgIpc) is 3.35. The highest BCUT2D eigenvalue weighted by Crippen LogP contribution is 2.36. The maximum Gasteiger partial charge on any atom is 0.251 e. The summed E-state index contributed by atoms with van der Waals surface area (Å²) in [4.78, 5) is 31.5. The Morgan fingerprint density at radius 2 is 1.89 bits per heavy atom. The van der Waals surface area contributed by atoms with Crippen molar-refractivity contribution in [2.75, 3.05) is 13.1 Å². The number of nitrogens with zero attached hydrogens (tertiary/aromatic N) is 2. The van der Waals surface area contributed by atoms with Crippen LogP contribution >= 0.6 is 11.3 Å². The monoisotopic (exact) mass is 379 g/mol. The van der Waals surface area contributed by atoms with Gasteiger partial charge in [0.25, 0.3) is 5.91 Å². The first kappa shape index (κ1) is 17.7. The van der Waals surface area contributed by atoms with Crippen LogP contribution in [0, 0.1) is 0 Å². The molecule has 27 heavy (non-hydrogen) atoms. The van der Waals surface area contributed by atoms with E-state index in [1.165, 1.54) is 0 Å². The summed E-state index contributed by atoms with van der Waals surface area (Å²) in [6, 6.07) is 17.2. The predicted octanol–water partition coefficient (Wildman–Crippen LogP) is 3.78. The summed E-state index contributed by atoms with van der Waals surface area (Å²) in [5, 5.41) is 3.84. The van der Waals surface area contributed by atoms with Gasteiger partial charge in [-0.2, -0.15) is 0 Å². The molecule has 1 atom stereocenters. The lowest BCUT2D eigenvalue weighted by Gasteiger charge is -2.23. The van der Waals surface area contributed by atoms with Crippen molar-refractivity contribution in [2.24, 2.45) is 0 Å². The summed E-state index contributed by atoms with van der Waals surface area (Å²) in [5.41, 5.74) is 1.60. The topological polar surface area (TPSA) is 62.3 Å². The molecule has 0 bridgehead atoms. The number of amides is 2. The van der Waals surface area contributed by atoms with Gasteiger partial charge in [-0.15, -0.1) is 11.3 Å². The Morgan fingerprint density at radius 3 is 2.70 bits per heavy atom. The van der Waals surface area contributed by atoms with E-state index in [-0.39, 0.29) is 17.9 Å². The molecule has 0 spiro atoms. The molecular formula is C21H21N3O2S. The first-order valence-electron chi connectivity index (χ1n) is 9.20. The SMILES string of the molecule is O=C(NCCC(=O)N1CCCC1c1nc2ccccc2s1)c1ccccc1. The molecule has 1 unspecified atom stereocenters. The Balaban J connectivity index is 1.37. The second-order valence-electron chi connectivity index (χ2n) is 6.64. The molecule has 0 aliphatic carbocycles. The van der Waals surface area contributed by atoms with Gasteiger partial charge in [0, 0.05) is 25.1 Å². The van der Waals surface area contributed by atoms with E-state index in [0.29, 0.717) is 18.5 Å². The van der Waals surface area contributed by atoms with E-state index in [4.69, 9.17) is 4.98 Å². The van der Waals surface area contributed by atoms with Gasteiger partial charge in [0.2, 0.25) is 5.91 Å². The number of rotatable bonds is 5. The lowest BCUT2D eigenvalue weighted by molar-refractivity contribution is -0.132. The fourth-order valence-electron chi connectivity index (χ4n) is 3.47. The number of carbonyl (C=O) groups excluding carboxylic acids is 2. The number of benzene rings is 2. The standard InChI is InChI=1S/C21H21N3O2S/c25-19(12-13-22-20(26)15-7-2-1-3-8-15)24-14-6-10-17(24)21-23-16-9-4-5-11-18(16)27-21/h1-5,7-9,11,17H,6,10,12-14H2,(H,22,26). The third kappa shape index (κ3) is 3.85. The fraction of sp³-hybridized carbons (Fsp3) is 0.286. The largest absolute Gasteiger partial charge is 0.352 e. The molecule has 138 valence electrons. The van der Waals surface area contributed by atoms with E-state index in [1.54, 1.807) is 23.5 Å². The maximum absolute atomic E-state index is 12.7. The fourth-order valence-corrected chi connectivity index (χ4v) is 4.59. The van der Waals surface area contributed by atoms with Gasteiger partial charge < -0.3 is 10.2 Å². The minimum Gasteiger partial charge on any atom is -0.352 e. The molecular weight excluding hydrogens is 358 g/mol. The molecule has 5 nitrogen and oxygen atoms in total. The number of aromatic nitrogens is 1. The van der Waals surface area contributed by atoms with Crippen molar-refractivity contribution in [1.82, 2.24) is 15.2 Å². The molecule has 0 radical (unpaired) electrons. The van der Waals surface area contributed by atoms with Crippen molar-refractivity contribution in [3.63, 3.8) is 0 Å². The van der Waals surface area contributed by atoms with E-state index in [0.717, 1.165) is 34.6 Å². The van der Waals surface area contributed by atoms with Crippen LogP contribution in [0.3, 0.4) is 0 Å². The lowest BCUT2D eigenvalue weighted by Crippen LogP contribution is -2.34. The first-order valence-corrected chi connectivity index (χ1v) is 10.0. The molecule has 1 N–H and O–H groups in total. The second-order valence-corrected chi connectivity index (χ2v) is 7.70. The van der Waals surface area contributed by atoms with E-state index >= 15 is 0 Å². The number of thiazole rings is 1. The molecule has 1 fully saturated rings. The molecule has 2 aromatic carbocycles. The molecule has 3 aromatic rings. The Bertz CT molecular complexity index is 921. The highest BCUT2D eigenvalue weighted by molar-refractivity contribution is 7.18. The molecule has 1 aromatic heterocycles. The highest BCUT2D eigenvalue weighted by Gasteiger charge is 2.31. The summed E-state index contributed by atoms with van der Waals surface area (Å²) >= 11 is 1.67. The lowest BCUT2D eigenvalue weighted by atomic mass is 10.2. The van der Waals surface area contributed by atoms with E-state index in [9.17, 15) is 9.59 Å². The van der Waals surface area contributed by atoms with Gasteiger partial charge in [0.15, 0.2) is 0 Å².